The van der Waals surface area contributed by atoms with E-state index in [0.717, 1.165) is 15.7 Å². The summed E-state index contributed by atoms with van der Waals surface area (Å²) in [6.45, 7) is 0. The van der Waals surface area contributed by atoms with Crippen molar-refractivity contribution in [2.45, 2.75) is 12.5 Å². The number of esters is 1. The number of oxime groups is 1. The Bertz CT molecular complexity index is 427. The standard InChI is InChI=1S/C11H10BrNO3/c1-15-11(14)10-6-9(13-16-10)7-2-4-8(12)5-3-7/h2-5,10H,6H2,1H3/t10-/m0/s1. The molecule has 1 heterocycles. The number of benzene rings is 1. The van der Waals surface area contributed by atoms with E-state index in [1.54, 1.807) is 0 Å². The van der Waals surface area contributed by atoms with Crippen molar-refractivity contribution in [1.29, 1.82) is 0 Å². The Balaban J connectivity index is 2.08. The van der Waals surface area contributed by atoms with E-state index in [-0.39, 0.29) is 0 Å². The Morgan fingerprint density at radius 3 is 2.81 bits per heavy atom. The van der Waals surface area contributed by atoms with Gasteiger partial charge in [-0.15, -0.1) is 0 Å². The normalized spacial score (nSPS) is 18.9. The van der Waals surface area contributed by atoms with E-state index in [1.807, 2.05) is 24.3 Å². The van der Waals surface area contributed by atoms with Crippen molar-refractivity contribution >= 4 is 27.6 Å². The molecule has 1 aliphatic heterocycles. The number of hydrogen-bond donors (Lipinski definition) is 0. The molecule has 0 radical (unpaired) electrons. The van der Waals surface area contributed by atoms with Crippen molar-refractivity contribution < 1.29 is 14.4 Å². The highest BCUT2D eigenvalue weighted by atomic mass is 79.9. The third-order valence-electron chi connectivity index (χ3n) is 2.31. The maximum absolute atomic E-state index is 11.2. The van der Waals surface area contributed by atoms with Crippen molar-refractivity contribution in [1.82, 2.24) is 0 Å². The summed E-state index contributed by atoms with van der Waals surface area (Å²) >= 11 is 3.36. The largest absolute Gasteiger partial charge is 0.466 e. The van der Waals surface area contributed by atoms with Gasteiger partial charge in [0, 0.05) is 10.9 Å². The number of rotatable bonds is 2. The first-order valence-corrected chi connectivity index (χ1v) is 5.56. The van der Waals surface area contributed by atoms with Gasteiger partial charge in [-0.2, -0.15) is 0 Å². The lowest BCUT2D eigenvalue weighted by Crippen LogP contribution is -2.22. The molecule has 0 N–H and O–H groups in total. The molecule has 0 amide bonds. The third kappa shape index (κ3) is 2.24. The second-order valence-corrected chi connectivity index (χ2v) is 4.28. The molecule has 1 aliphatic rings. The monoisotopic (exact) mass is 283 g/mol. The molecule has 1 aromatic rings. The molecule has 1 atom stereocenters. The molecule has 2 rings (SSSR count). The van der Waals surface area contributed by atoms with Gasteiger partial charge in [0.1, 0.15) is 0 Å². The molecule has 0 aromatic heterocycles. The number of halogens is 1. The lowest BCUT2D eigenvalue weighted by molar-refractivity contribution is -0.152. The number of nitrogens with zero attached hydrogens (tertiary/aromatic N) is 1. The van der Waals surface area contributed by atoms with E-state index >= 15 is 0 Å². The summed E-state index contributed by atoms with van der Waals surface area (Å²) in [5.74, 6) is -0.393. The zero-order chi connectivity index (χ0) is 11.5. The average molecular weight is 284 g/mol. The van der Waals surface area contributed by atoms with Crippen LogP contribution in [0, 0.1) is 0 Å². The maximum atomic E-state index is 11.2. The first-order chi connectivity index (χ1) is 7.70. The summed E-state index contributed by atoms with van der Waals surface area (Å²) in [5.41, 5.74) is 1.72. The number of carbonyl (C=O) groups excluding carboxylic acids is 1. The quantitative estimate of drug-likeness (QED) is 0.781. The average Bonchev–Trinajstić information content (AvgIpc) is 2.78. The summed E-state index contributed by atoms with van der Waals surface area (Å²) in [5, 5.41) is 3.89. The van der Waals surface area contributed by atoms with E-state index in [9.17, 15) is 4.79 Å². The van der Waals surface area contributed by atoms with Crippen LogP contribution in [0.4, 0.5) is 0 Å². The van der Waals surface area contributed by atoms with Crippen molar-refractivity contribution in [2.75, 3.05) is 7.11 Å². The highest BCUT2D eigenvalue weighted by Gasteiger charge is 2.29. The molecule has 4 nitrogen and oxygen atoms in total. The minimum Gasteiger partial charge on any atom is -0.466 e. The minimum absolute atomic E-state index is 0.393. The van der Waals surface area contributed by atoms with E-state index in [1.165, 1.54) is 7.11 Å². The molecule has 84 valence electrons. The van der Waals surface area contributed by atoms with Crippen LogP contribution in [0.1, 0.15) is 12.0 Å². The van der Waals surface area contributed by atoms with E-state index in [4.69, 9.17) is 4.84 Å². The molecule has 16 heavy (non-hydrogen) atoms. The fourth-order valence-electron chi connectivity index (χ4n) is 1.45. The molecule has 0 aliphatic carbocycles. The van der Waals surface area contributed by atoms with Gasteiger partial charge in [0.05, 0.1) is 12.8 Å². The van der Waals surface area contributed by atoms with Gasteiger partial charge >= 0.3 is 5.97 Å². The summed E-state index contributed by atoms with van der Waals surface area (Å²) in [6.07, 6.45) is -0.155. The van der Waals surface area contributed by atoms with Crippen LogP contribution in [0.5, 0.6) is 0 Å². The summed E-state index contributed by atoms with van der Waals surface area (Å²) in [4.78, 5) is 16.2. The maximum Gasteiger partial charge on any atom is 0.350 e. The van der Waals surface area contributed by atoms with Gasteiger partial charge < -0.3 is 9.57 Å². The first kappa shape index (κ1) is 11.1. The molecule has 0 saturated heterocycles. The molecular formula is C11H10BrNO3. The molecule has 1 aromatic carbocycles. The van der Waals surface area contributed by atoms with Gasteiger partial charge in [0.15, 0.2) is 0 Å². The van der Waals surface area contributed by atoms with Gasteiger partial charge in [-0.1, -0.05) is 33.2 Å². The number of ether oxygens (including phenoxy) is 1. The predicted molar refractivity (Wildman–Crippen MR) is 62.2 cm³/mol. The highest BCUT2D eigenvalue weighted by Crippen LogP contribution is 2.19. The van der Waals surface area contributed by atoms with E-state index < -0.39 is 12.1 Å². The van der Waals surface area contributed by atoms with Crippen LogP contribution < -0.4 is 0 Å². The Morgan fingerprint density at radius 1 is 1.50 bits per heavy atom. The van der Waals surface area contributed by atoms with E-state index in [2.05, 4.69) is 25.8 Å². The number of hydrogen-bond acceptors (Lipinski definition) is 4. The van der Waals surface area contributed by atoms with Gasteiger partial charge in [-0.05, 0) is 17.7 Å². The van der Waals surface area contributed by atoms with Crippen LogP contribution in [-0.2, 0) is 14.4 Å². The highest BCUT2D eigenvalue weighted by molar-refractivity contribution is 9.10. The summed E-state index contributed by atoms with van der Waals surface area (Å²) < 4.78 is 5.59. The Morgan fingerprint density at radius 2 is 2.19 bits per heavy atom. The molecule has 0 fully saturated rings. The SMILES string of the molecule is COC(=O)[C@@H]1CC(c2ccc(Br)cc2)=NO1. The van der Waals surface area contributed by atoms with Crippen LogP contribution in [-0.4, -0.2) is 24.9 Å². The Kier molecular flexibility index (Phi) is 3.24. The second kappa shape index (κ2) is 4.65. The Labute approximate surface area is 101 Å². The van der Waals surface area contributed by atoms with Crippen LogP contribution >= 0.6 is 15.9 Å². The Hall–Kier alpha value is -1.36. The topological polar surface area (TPSA) is 47.9 Å². The first-order valence-electron chi connectivity index (χ1n) is 4.77. The van der Waals surface area contributed by atoms with Crippen LogP contribution in [0.25, 0.3) is 0 Å². The van der Waals surface area contributed by atoms with Crippen LogP contribution in [0.3, 0.4) is 0 Å². The predicted octanol–water partition coefficient (Wildman–Crippen LogP) is 2.12. The minimum atomic E-state index is -0.608. The molecule has 0 spiro atoms. The van der Waals surface area contributed by atoms with Crippen LogP contribution in [0.15, 0.2) is 33.9 Å². The van der Waals surface area contributed by atoms with Crippen LogP contribution in [0.2, 0.25) is 0 Å². The lowest BCUT2D eigenvalue weighted by atomic mass is 10.1. The van der Waals surface area contributed by atoms with Gasteiger partial charge in [0.25, 0.3) is 0 Å². The lowest BCUT2D eigenvalue weighted by Gasteiger charge is -2.04. The number of methoxy groups -OCH3 is 1. The fraction of sp³-hybridized carbons (Fsp3) is 0.273. The second-order valence-electron chi connectivity index (χ2n) is 3.37. The smallest absolute Gasteiger partial charge is 0.350 e. The molecular weight excluding hydrogens is 274 g/mol. The van der Waals surface area contributed by atoms with Gasteiger partial charge in [-0.3, -0.25) is 0 Å². The van der Waals surface area contributed by atoms with Gasteiger partial charge in [0.2, 0.25) is 6.10 Å². The third-order valence-corrected chi connectivity index (χ3v) is 2.84. The number of carbonyl (C=O) groups is 1. The summed E-state index contributed by atoms with van der Waals surface area (Å²) in [6, 6.07) is 7.69. The molecule has 0 unspecified atom stereocenters. The molecule has 0 bridgehead atoms. The van der Waals surface area contributed by atoms with Crippen molar-refractivity contribution in [2.24, 2.45) is 5.16 Å². The summed E-state index contributed by atoms with van der Waals surface area (Å²) in [7, 11) is 1.34. The van der Waals surface area contributed by atoms with Crippen molar-refractivity contribution in [3.05, 3.63) is 34.3 Å². The van der Waals surface area contributed by atoms with Crippen molar-refractivity contribution in [3.8, 4) is 0 Å². The zero-order valence-electron chi connectivity index (χ0n) is 8.64. The molecule has 0 saturated carbocycles. The fourth-order valence-corrected chi connectivity index (χ4v) is 1.71. The zero-order valence-corrected chi connectivity index (χ0v) is 10.2. The van der Waals surface area contributed by atoms with E-state index in [0.29, 0.717) is 6.42 Å². The van der Waals surface area contributed by atoms with Crippen molar-refractivity contribution in [3.63, 3.8) is 0 Å². The van der Waals surface area contributed by atoms with Gasteiger partial charge in [-0.25, -0.2) is 4.79 Å². The molecule has 5 heteroatoms.